The van der Waals surface area contributed by atoms with Crippen molar-refractivity contribution in [1.29, 1.82) is 0 Å². The number of carbonyl (C=O) groups excluding carboxylic acids is 2. The monoisotopic (exact) mass is 483 g/mol. The number of nitrogens with zero attached hydrogens (tertiary/aromatic N) is 3. The molecule has 0 aliphatic heterocycles. The maximum atomic E-state index is 14.0. The fourth-order valence-corrected chi connectivity index (χ4v) is 3.48. The number of hydrogen-bond acceptors (Lipinski definition) is 3. The number of hydrogen-bond donors (Lipinski definition) is 2. The molecule has 0 radical (unpaired) electrons. The molecule has 0 aliphatic carbocycles. The highest BCUT2D eigenvalue weighted by atomic mass is 19.1. The Balaban J connectivity index is 1.81. The van der Waals surface area contributed by atoms with Gasteiger partial charge in [-0.3, -0.25) is 4.79 Å². The number of urea groups is 1. The quantitative estimate of drug-likeness (QED) is 0.457. The second-order valence-corrected chi connectivity index (χ2v) is 9.39. The van der Waals surface area contributed by atoms with Crippen molar-refractivity contribution >= 4 is 23.4 Å². The second-order valence-electron chi connectivity index (χ2n) is 9.39. The fourth-order valence-electron chi connectivity index (χ4n) is 3.48. The third-order valence-corrected chi connectivity index (χ3v) is 5.38. The van der Waals surface area contributed by atoms with E-state index >= 15 is 0 Å². The van der Waals surface area contributed by atoms with Crippen LogP contribution in [-0.4, -0.2) is 39.7 Å². The Morgan fingerprint density at radius 2 is 1.77 bits per heavy atom. The lowest BCUT2D eigenvalue weighted by atomic mass is 9.92. The molecule has 35 heavy (non-hydrogen) atoms. The maximum absolute atomic E-state index is 14.0. The summed E-state index contributed by atoms with van der Waals surface area (Å²) in [6.45, 7) is 9.93. The van der Waals surface area contributed by atoms with Crippen molar-refractivity contribution in [3.05, 3.63) is 71.4 Å². The zero-order valence-corrected chi connectivity index (χ0v) is 20.7. The molecule has 186 valence electrons. The maximum Gasteiger partial charge on any atom is 0.322 e. The molecule has 0 spiro atoms. The molecule has 0 bridgehead atoms. The van der Waals surface area contributed by atoms with Gasteiger partial charge in [0.1, 0.15) is 24.0 Å². The van der Waals surface area contributed by atoms with E-state index in [4.69, 9.17) is 5.10 Å². The molecule has 0 saturated heterocycles. The number of amides is 3. The van der Waals surface area contributed by atoms with E-state index in [-0.39, 0.29) is 24.2 Å². The first-order chi connectivity index (χ1) is 16.5. The molecule has 2 aromatic carbocycles. The fraction of sp³-hybridized carbons (Fsp3) is 0.346. The molecule has 0 fully saturated rings. The predicted octanol–water partition coefficient (Wildman–Crippen LogP) is 5.64. The summed E-state index contributed by atoms with van der Waals surface area (Å²) in [4.78, 5) is 27.0. The largest absolute Gasteiger partial charge is 0.322 e. The smallest absolute Gasteiger partial charge is 0.315 e. The molecule has 0 atom stereocenters. The lowest BCUT2D eigenvalue weighted by molar-refractivity contribution is -0.116. The van der Waals surface area contributed by atoms with Crippen molar-refractivity contribution in [3.63, 3.8) is 0 Å². The highest BCUT2D eigenvalue weighted by Crippen LogP contribution is 2.27. The van der Waals surface area contributed by atoms with Gasteiger partial charge in [-0.2, -0.15) is 5.10 Å². The molecule has 7 nitrogen and oxygen atoms in total. The van der Waals surface area contributed by atoms with Crippen molar-refractivity contribution in [2.45, 2.75) is 46.5 Å². The van der Waals surface area contributed by atoms with Gasteiger partial charge in [-0.05, 0) is 37.1 Å². The van der Waals surface area contributed by atoms with E-state index in [0.29, 0.717) is 18.3 Å². The highest BCUT2D eigenvalue weighted by molar-refractivity contribution is 5.96. The van der Waals surface area contributed by atoms with Crippen molar-refractivity contribution in [1.82, 2.24) is 14.7 Å². The summed E-state index contributed by atoms with van der Waals surface area (Å²) in [6.07, 6.45) is 0.585. The van der Waals surface area contributed by atoms with E-state index in [9.17, 15) is 18.4 Å². The lowest BCUT2D eigenvalue weighted by Gasteiger charge is -2.22. The molecule has 9 heteroatoms. The highest BCUT2D eigenvalue weighted by Gasteiger charge is 2.23. The number of para-hydroxylation sites is 1. The Hall–Kier alpha value is -3.75. The minimum absolute atomic E-state index is 0.162. The van der Waals surface area contributed by atoms with E-state index < -0.39 is 23.6 Å². The van der Waals surface area contributed by atoms with Gasteiger partial charge in [0.05, 0.1) is 17.1 Å². The lowest BCUT2D eigenvalue weighted by Crippen LogP contribution is -2.41. The van der Waals surface area contributed by atoms with E-state index in [0.717, 1.165) is 29.1 Å². The molecule has 3 amide bonds. The zero-order chi connectivity index (χ0) is 25.8. The number of halogens is 2. The molecule has 2 N–H and O–H groups in total. The summed E-state index contributed by atoms with van der Waals surface area (Å²) < 4.78 is 28.8. The molecule has 3 rings (SSSR count). The van der Waals surface area contributed by atoms with Gasteiger partial charge in [-0.1, -0.05) is 45.9 Å². The van der Waals surface area contributed by atoms with Gasteiger partial charge in [-0.25, -0.2) is 18.3 Å². The van der Waals surface area contributed by atoms with Crippen LogP contribution >= 0.6 is 0 Å². The van der Waals surface area contributed by atoms with E-state index in [1.54, 1.807) is 4.68 Å². The van der Waals surface area contributed by atoms with Crippen LogP contribution in [0.15, 0.2) is 48.5 Å². The molecule has 0 saturated carbocycles. The van der Waals surface area contributed by atoms with Crippen LogP contribution in [0.5, 0.6) is 0 Å². The van der Waals surface area contributed by atoms with Crippen molar-refractivity contribution in [2.24, 2.45) is 0 Å². The average Bonchev–Trinajstić information content (AvgIpc) is 3.19. The standard InChI is InChI=1S/C26H31F2N5O2/c1-6-13-32(25(35)29-20-12-11-18(27)14-19(20)28)16-24(34)30-23-15-22(26(3,4)5)31-33(23)21-10-8-7-9-17(21)2/h7-12,14-15H,6,13,16H2,1-5H3,(H,29,35)(H,30,34). The average molecular weight is 484 g/mol. The molecular formula is C26H31F2N5O2. The van der Waals surface area contributed by atoms with Crippen molar-refractivity contribution in [2.75, 3.05) is 23.7 Å². The molecular weight excluding hydrogens is 452 g/mol. The second kappa shape index (κ2) is 10.7. The summed E-state index contributed by atoms with van der Waals surface area (Å²) >= 11 is 0. The van der Waals surface area contributed by atoms with Gasteiger partial charge in [0, 0.05) is 24.1 Å². The topological polar surface area (TPSA) is 79.3 Å². The Bertz CT molecular complexity index is 1220. The minimum Gasteiger partial charge on any atom is -0.315 e. The Labute approximate surface area is 204 Å². The summed E-state index contributed by atoms with van der Waals surface area (Å²) in [7, 11) is 0. The Morgan fingerprint density at radius 1 is 1.06 bits per heavy atom. The normalized spacial score (nSPS) is 11.3. The third-order valence-electron chi connectivity index (χ3n) is 5.38. The molecule has 1 heterocycles. The van der Waals surface area contributed by atoms with E-state index in [2.05, 4.69) is 10.6 Å². The summed E-state index contributed by atoms with van der Waals surface area (Å²) in [5.74, 6) is -1.58. The molecule has 3 aromatic rings. The Morgan fingerprint density at radius 3 is 2.40 bits per heavy atom. The Kier molecular flexibility index (Phi) is 7.89. The zero-order valence-electron chi connectivity index (χ0n) is 20.7. The number of benzene rings is 2. The van der Waals surface area contributed by atoms with Crippen LogP contribution in [0.3, 0.4) is 0 Å². The van der Waals surface area contributed by atoms with Crippen LogP contribution in [0.2, 0.25) is 0 Å². The van der Waals surface area contributed by atoms with Crippen molar-refractivity contribution in [3.8, 4) is 5.69 Å². The number of nitrogens with one attached hydrogen (secondary N) is 2. The number of carbonyl (C=O) groups is 2. The number of anilines is 2. The molecule has 0 aliphatic rings. The number of aromatic nitrogens is 2. The first-order valence-corrected chi connectivity index (χ1v) is 11.5. The summed E-state index contributed by atoms with van der Waals surface area (Å²) in [5, 5.41) is 10.0. The van der Waals surface area contributed by atoms with Gasteiger partial charge < -0.3 is 15.5 Å². The van der Waals surface area contributed by atoms with Crippen LogP contribution in [0.4, 0.5) is 25.1 Å². The summed E-state index contributed by atoms with van der Waals surface area (Å²) in [6, 6.07) is 11.7. The predicted molar refractivity (Wildman–Crippen MR) is 133 cm³/mol. The van der Waals surface area contributed by atoms with Gasteiger partial charge in [0.25, 0.3) is 0 Å². The van der Waals surface area contributed by atoms with Gasteiger partial charge in [0.15, 0.2) is 0 Å². The number of rotatable bonds is 7. The molecule has 0 unspecified atom stereocenters. The van der Waals surface area contributed by atoms with Gasteiger partial charge >= 0.3 is 6.03 Å². The number of aryl methyl sites for hydroxylation is 1. The van der Waals surface area contributed by atoms with Crippen LogP contribution < -0.4 is 10.6 Å². The van der Waals surface area contributed by atoms with Crippen LogP contribution in [0, 0.1) is 18.6 Å². The van der Waals surface area contributed by atoms with Crippen LogP contribution in [0.25, 0.3) is 5.69 Å². The third kappa shape index (κ3) is 6.44. The van der Waals surface area contributed by atoms with E-state index in [1.807, 2.05) is 65.0 Å². The van der Waals surface area contributed by atoms with Crippen molar-refractivity contribution < 1.29 is 18.4 Å². The van der Waals surface area contributed by atoms with E-state index in [1.165, 1.54) is 4.90 Å². The van der Waals surface area contributed by atoms with Crippen LogP contribution in [0.1, 0.15) is 45.4 Å². The van der Waals surface area contributed by atoms with Crippen LogP contribution in [-0.2, 0) is 10.2 Å². The van der Waals surface area contributed by atoms with Gasteiger partial charge in [0.2, 0.25) is 5.91 Å². The minimum atomic E-state index is -0.893. The summed E-state index contributed by atoms with van der Waals surface area (Å²) in [5.41, 5.74) is 2.20. The first-order valence-electron chi connectivity index (χ1n) is 11.5. The first kappa shape index (κ1) is 25.9. The van der Waals surface area contributed by atoms with Gasteiger partial charge in [-0.15, -0.1) is 0 Å². The molecule has 1 aromatic heterocycles. The SMILES string of the molecule is CCCN(CC(=O)Nc1cc(C(C)(C)C)nn1-c1ccccc1C)C(=O)Nc1ccc(F)cc1F.